The van der Waals surface area contributed by atoms with Crippen molar-refractivity contribution in [2.45, 2.75) is 12.8 Å². The number of carbonyl (C=O) groups is 1. The Morgan fingerprint density at radius 2 is 1.80 bits per heavy atom. The molecule has 20 heavy (non-hydrogen) atoms. The van der Waals surface area contributed by atoms with E-state index in [1.807, 2.05) is 25.1 Å². The number of rotatable bonds is 5. The van der Waals surface area contributed by atoms with E-state index >= 15 is 0 Å². The van der Waals surface area contributed by atoms with Crippen molar-refractivity contribution in [3.05, 3.63) is 69.0 Å². The first kappa shape index (κ1) is 15.0. The predicted molar refractivity (Wildman–Crippen MR) is 89.8 cm³/mol. The fraction of sp³-hybridized carbons (Fsp3) is 0.176. The zero-order chi connectivity index (χ0) is 14.5. The molecule has 0 radical (unpaired) electrons. The molecule has 1 nitrogen and oxygen atoms in total. The Morgan fingerprint density at radius 1 is 1.15 bits per heavy atom. The van der Waals surface area contributed by atoms with Crippen LogP contribution in [0.1, 0.15) is 24.0 Å². The van der Waals surface area contributed by atoms with Crippen LogP contribution in [0.2, 0.25) is 0 Å². The molecular weight excluding hydrogens is 366 g/mol. The van der Waals surface area contributed by atoms with E-state index in [4.69, 9.17) is 0 Å². The Hall–Kier alpha value is -1.36. The second-order valence-corrected chi connectivity index (χ2v) is 6.72. The Balaban J connectivity index is 2.52. The SMILES string of the molecule is C=Ic1cccc(C(c2cccc(F)c2)C(C)C=O)c1. The van der Waals surface area contributed by atoms with Crippen molar-refractivity contribution in [3.8, 4) is 0 Å². The molecule has 0 saturated carbocycles. The number of halogens is 2. The molecule has 2 aromatic carbocycles. The van der Waals surface area contributed by atoms with Crippen molar-refractivity contribution in [2.24, 2.45) is 5.92 Å². The van der Waals surface area contributed by atoms with E-state index < -0.39 is 0 Å². The lowest BCUT2D eigenvalue weighted by Crippen LogP contribution is -2.13. The van der Waals surface area contributed by atoms with Crippen LogP contribution in [-0.2, 0) is 4.79 Å². The molecule has 0 bridgehead atoms. The van der Waals surface area contributed by atoms with Gasteiger partial charge in [-0.3, -0.25) is 0 Å². The van der Waals surface area contributed by atoms with Gasteiger partial charge in [-0.05, 0) is 35.4 Å². The third-order valence-electron chi connectivity index (χ3n) is 3.31. The molecule has 2 rings (SSSR count). The lowest BCUT2D eigenvalue weighted by Gasteiger charge is -2.21. The van der Waals surface area contributed by atoms with Gasteiger partial charge in [-0.1, -0.05) is 56.4 Å². The van der Waals surface area contributed by atoms with Gasteiger partial charge in [0.1, 0.15) is 12.1 Å². The Labute approximate surface area is 128 Å². The molecule has 0 aliphatic heterocycles. The van der Waals surface area contributed by atoms with E-state index in [9.17, 15) is 9.18 Å². The van der Waals surface area contributed by atoms with Crippen molar-refractivity contribution in [1.82, 2.24) is 0 Å². The molecule has 0 saturated heterocycles. The lowest BCUT2D eigenvalue weighted by atomic mass is 9.82. The van der Waals surface area contributed by atoms with E-state index in [0.717, 1.165) is 17.4 Å². The molecule has 0 amide bonds. The Kier molecular flexibility index (Phi) is 5.17. The topological polar surface area (TPSA) is 17.1 Å². The second-order valence-electron chi connectivity index (χ2n) is 4.72. The van der Waals surface area contributed by atoms with E-state index in [-0.39, 0.29) is 38.4 Å². The van der Waals surface area contributed by atoms with E-state index in [1.165, 1.54) is 15.7 Å². The van der Waals surface area contributed by atoms with Gasteiger partial charge in [-0.25, -0.2) is 4.39 Å². The highest BCUT2D eigenvalue weighted by Gasteiger charge is 2.21. The van der Waals surface area contributed by atoms with Crippen LogP contribution in [0, 0.1) is 15.3 Å². The summed E-state index contributed by atoms with van der Waals surface area (Å²) in [5.74, 6) is -0.583. The van der Waals surface area contributed by atoms with Crippen molar-refractivity contribution >= 4 is 31.5 Å². The molecule has 2 aromatic rings. The summed E-state index contributed by atoms with van der Waals surface area (Å²) in [6, 6.07) is 14.6. The first-order valence-electron chi connectivity index (χ1n) is 6.35. The average Bonchev–Trinajstić information content (AvgIpc) is 2.47. The molecular formula is C17H16FIO. The fourth-order valence-corrected chi connectivity index (χ4v) is 3.40. The fourth-order valence-electron chi connectivity index (χ4n) is 2.36. The van der Waals surface area contributed by atoms with Crippen LogP contribution >= 0.6 is 20.7 Å². The Bertz CT molecular complexity index is 624. The summed E-state index contributed by atoms with van der Waals surface area (Å²) in [5, 5.41) is 0. The van der Waals surface area contributed by atoms with E-state index in [0.29, 0.717) is 0 Å². The van der Waals surface area contributed by atoms with Gasteiger partial charge in [0, 0.05) is 15.4 Å². The number of benzene rings is 2. The van der Waals surface area contributed by atoms with Gasteiger partial charge in [-0.15, -0.1) is 0 Å². The second kappa shape index (κ2) is 6.88. The minimum Gasteiger partial charge on any atom is -0.303 e. The van der Waals surface area contributed by atoms with Crippen LogP contribution in [0.3, 0.4) is 0 Å². The molecule has 2 unspecified atom stereocenters. The summed E-state index contributed by atoms with van der Waals surface area (Å²) in [5.41, 5.74) is 1.89. The smallest absolute Gasteiger partial charge is 0.123 e. The Morgan fingerprint density at radius 3 is 2.40 bits per heavy atom. The normalized spacial score (nSPS) is 13.7. The highest BCUT2D eigenvalue weighted by atomic mass is 127. The van der Waals surface area contributed by atoms with Crippen molar-refractivity contribution in [1.29, 1.82) is 0 Å². The quantitative estimate of drug-likeness (QED) is 0.555. The number of aldehydes is 1. The van der Waals surface area contributed by atoms with Crippen molar-refractivity contribution in [2.75, 3.05) is 0 Å². The molecule has 104 valence electrons. The first-order chi connectivity index (χ1) is 9.65. The lowest BCUT2D eigenvalue weighted by molar-refractivity contribution is -0.111. The van der Waals surface area contributed by atoms with Crippen LogP contribution in [0.5, 0.6) is 0 Å². The monoisotopic (exact) mass is 382 g/mol. The maximum atomic E-state index is 13.5. The molecule has 0 N–H and O–H groups in total. The molecule has 0 aliphatic rings. The molecule has 2 atom stereocenters. The molecule has 3 heteroatoms. The van der Waals surface area contributed by atoms with E-state index in [1.54, 1.807) is 6.07 Å². The number of hydrogen-bond donors (Lipinski definition) is 0. The van der Waals surface area contributed by atoms with Gasteiger partial charge in [0.25, 0.3) is 0 Å². The summed E-state index contributed by atoms with van der Waals surface area (Å²) in [4.78, 5) is 11.2. The first-order valence-corrected chi connectivity index (χ1v) is 8.95. The molecule has 0 aliphatic carbocycles. The minimum absolute atomic E-state index is 0.112. The van der Waals surface area contributed by atoms with Gasteiger partial charge in [0.15, 0.2) is 0 Å². The van der Waals surface area contributed by atoms with Crippen LogP contribution in [0.15, 0.2) is 48.5 Å². The zero-order valence-electron chi connectivity index (χ0n) is 11.2. The third-order valence-corrected chi connectivity index (χ3v) is 4.86. The van der Waals surface area contributed by atoms with Gasteiger partial charge in [0.05, 0.1) is 0 Å². The van der Waals surface area contributed by atoms with E-state index in [2.05, 4.69) is 16.6 Å². The minimum atomic E-state index is -0.272. The highest BCUT2D eigenvalue weighted by Crippen LogP contribution is 2.32. The zero-order valence-corrected chi connectivity index (χ0v) is 13.4. The maximum absolute atomic E-state index is 13.5. The van der Waals surface area contributed by atoms with Crippen molar-refractivity contribution in [3.63, 3.8) is 0 Å². The maximum Gasteiger partial charge on any atom is 0.123 e. The summed E-state index contributed by atoms with van der Waals surface area (Å²) >= 11 is -0.246. The summed E-state index contributed by atoms with van der Waals surface area (Å²) in [6.07, 6.45) is 0.932. The number of hydrogen-bond acceptors (Lipinski definition) is 1. The van der Waals surface area contributed by atoms with Crippen LogP contribution in [-0.4, -0.2) is 10.8 Å². The predicted octanol–water partition coefficient (Wildman–Crippen LogP) is 4.36. The average molecular weight is 382 g/mol. The molecule has 0 aromatic heterocycles. The highest BCUT2D eigenvalue weighted by molar-refractivity contribution is 14.2. The number of carbonyl (C=O) groups excluding carboxylic acids is 1. The van der Waals surface area contributed by atoms with Crippen LogP contribution in [0.25, 0.3) is 0 Å². The largest absolute Gasteiger partial charge is 0.303 e. The van der Waals surface area contributed by atoms with Gasteiger partial charge < -0.3 is 4.79 Å². The summed E-state index contributed by atoms with van der Waals surface area (Å²) in [7, 11) is 0. The standard InChI is InChI=1S/C17H16FIO/c1-12(11-20)17(13-5-3-7-15(18)9-13)14-6-4-8-16(10-14)19-2/h3-12,17H,2H2,1H3. The summed E-state index contributed by atoms with van der Waals surface area (Å²) in [6.45, 7) is 1.87. The third kappa shape index (κ3) is 3.39. The van der Waals surface area contributed by atoms with Crippen molar-refractivity contribution < 1.29 is 9.18 Å². The molecule has 0 spiro atoms. The van der Waals surface area contributed by atoms with Gasteiger partial charge >= 0.3 is 0 Å². The van der Waals surface area contributed by atoms with Gasteiger partial charge in [-0.2, -0.15) is 0 Å². The molecule has 0 fully saturated rings. The van der Waals surface area contributed by atoms with Crippen LogP contribution < -0.4 is 0 Å². The summed E-state index contributed by atoms with van der Waals surface area (Å²) < 4.78 is 18.7. The molecule has 0 heterocycles. The van der Waals surface area contributed by atoms with Gasteiger partial charge in [0.2, 0.25) is 0 Å². The van der Waals surface area contributed by atoms with Crippen LogP contribution in [0.4, 0.5) is 4.39 Å².